The zero-order chi connectivity index (χ0) is 44.7. The van der Waals surface area contributed by atoms with Crippen LogP contribution in [0.4, 0.5) is 0 Å². The van der Waals surface area contributed by atoms with E-state index in [0.29, 0.717) is 12.0 Å². The number of carbonyl (C=O) groups excluding carboxylic acids is 2. The first-order valence-electron chi connectivity index (χ1n) is 23.5. The molecule has 0 saturated carbocycles. The van der Waals surface area contributed by atoms with Crippen LogP contribution in [0.15, 0.2) is 128 Å². The predicted molar refractivity (Wildman–Crippen MR) is 264 cm³/mol. The van der Waals surface area contributed by atoms with E-state index in [1.165, 1.54) is 109 Å². The zero-order valence-corrected chi connectivity index (χ0v) is 40.8. The molecule has 0 atom stereocenters. The Morgan fingerprint density at radius 2 is 0.733 bits per heavy atom. The van der Waals surface area contributed by atoms with Gasteiger partial charge in [-0.3, -0.25) is 9.59 Å². The molecule has 60 heavy (non-hydrogen) atoms. The average Bonchev–Trinajstić information content (AvgIpc) is 3.17. The maximum Gasteiger partial charge on any atom is 0.224 e. The van der Waals surface area contributed by atoms with Gasteiger partial charge in [0.05, 0.1) is 7.11 Å². The van der Waals surface area contributed by atoms with Crippen molar-refractivity contribution in [2.45, 2.75) is 205 Å². The van der Waals surface area contributed by atoms with Crippen LogP contribution in [0.1, 0.15) is 205 Å². The SMILES string of the molecule is COC1=CC(=O)C=C(CC=C(C)CCC=C(C)CCC=C(C)CCC=C(C)CCC=C(C)CCC=C(C)CCC=C(C)CCC=C(C)CCC=C(C)CCCC(C)C)C1=O. The summed E-state index contributed by atoms with van der Waals surface area (Å²) < 4.78 is 5.05. The van der Waals surface area contributed by atoms with E-state index in [1.807, 2.05) is 0 Å². The summed E-state index contributed by atoms with van der Waals surface area (Å²) in [4.78, 5) is 24.2. The maximum atomic E-state index is 12.4. The highest BCUT2D eigenvalue weighted by molar-refractivity contribution is 6.19. The lowest BCUT2D eigenvalue weighted by atomic mass is 9.97. The van der Waals surface area contributed by atoms with E-state index in [0.717, 1.165) is 83.0 Å². The van der Waals surface area contributed by atoms with Crippen LogP contribution in [-0.2, 0) is 14.3 Å². The fourth-order valence-electron chi connectivity index (χ4n) is 7.30. The highest BCUT2D eigenvalue weighted by atomic mass is 16.5. The minimum absolute atomic E-state index is 0.128. The number of ketones is 2. The summed E-state index contributed by atoms with van der Waals surface area (Å²) in [6.45, 7) is 25.0. The number of Topliss-reactive ketones (excluding diaryl/α,β-unsaturated/α-hetero) is 1. The quantitative estimate of drug-likeness (QED) is 0.0517. The van der Waals surface area contributed by atoms with Crippen molar-refractivity contribution >= 4 is 11.6 Å². The Balaban J connectivity index is 2.25. The Labute approximate surface area is 370 Å². The number of hydrogen-bond acceptors (Lipinski definition) is 3. The standard InChI is InChI=1S/C57H88O3/c1-44(2)22-13-23-45(3)24-14-25-46(4)26-15-27-47(5)28-16-29-48(6)30-17-31-49(7)32-18-33-50(8)34-19-35-51(9)36-20-37-52(10)38-21-39-53(11)40-41-54-42-55(58)43-56(60-12)57(54)59/h24,26,28,30,32,34,36,38,40,42-44H,13-23,25,27,29,31,33,35,37,39,41H2,1-12H3. The Bertz CT molecular complexity index is 1670. The Hall–Kier alpha value is -3.72. The van der Waals surface area contributed by atoms with Gasteiger partial charge in [-0.1, -0.05) is 125 Å². The van der Waals surface area contributed by atoms with E-state index < -0.39 is 0 Å². The number of methoxy groups -OCH3 is 1. The lowest BCUT2D eigenvalue weighted by molar-refractivity contribution is -0.117. The van der Waals surface area contributed by atoms with E-state index in [1.54, 1.807) is 5.57 Å². The largest absolute Gasteiger partial charge is 0.493 e. The van der Waals surface area contributed by atoms with Gasteiger partial charge in [0.15, 0.2) is 11.5 Å². The van der Waals surface area contributed by atoms with E-state index in [9.17, 15) is 9.59 Å². The van der Waals surface area contributed by atoms with E-state index >= 15 is 0 Å². The number of allylic oxidation sites excluding steroid dienone is 21. The van der Waals surface area contributed by atoms with Crippen molar-refractivity contribution in [3.63, 3.8) is 0 Å². The number of carbonyl (C=O) groups is 2. The number of hydrogen-bond donors (Lipinski definition) is 0. The summed E-state index contributed by atoms with van der Waals surface area (Å²) in [5, 5.41) is 0. The van der Waals surface area contributed by atoms with E-state index in [-0.39, 0.29) is 17.3 Å². The molecule has 0 saturated heterocycles. The second-order valence-electron chi connectivity index (χ2n) is 18.4. The second kappa shape index (κ2) is 33.0. The fourth-order valence-corrected chi connectivity index (χ4v) is 7.30. The predicted octanol–water partition coefficient (Wildman–Crippen LogP) is 17.6. The van der Waals surface area contributed by atoms with Gasteiger partial charge < -0.3 is 4.74 Å². The van der Waals surface area contributed by atoms with Crippen LogP contribution >= 0.6 is 0 Å². The van der Waals surface area contributed by atoms with Crippen LogP contribution in [0, 0.1) is 5.92 Å². The molecule has 0 N–H and O–H groups in total. The summed E-state index contributed by atoms with van der Waals surface area (Å²) in [7, 11) is 1.42. The molecule has 3 heteroatoms. The Kier molecular flexibility index (Phi) is 29.8. The van der Waals surface area contributed by atoms with Gasteiger partial charge in [0.1, 0.15) is 0 Å². The summed E-state index contributed by atoms with van der Waals surface area (Å²) in [6, 6.07) is 0. The topological polar surface area (TPSA) is 43.4 Å². The molecule has 0 aromatic carbocycles. The van der Waals surface area contributed by atoms with Gasteiger partial charge >= 0.3 is 0 Å². The third-order valence-corrected chi connectivity index (χ3v) is 11.6. The third-order valence-electron chi connectivity index (χ3n) is 11.6. The molecule has 0 spiro atoms. The van der Waals surface area contributed by atoms with Crippen molar-refractivity contribution < 1.29 is 14.3 Å². The van der Waals surface area contributed by atoms with Gasteiger partial charge in [0, 0.05) is 11.6 Å². The minimum atomic E-state index is -0.194. The van der Waals surface area contributed by atoms with Crippen molar-refractivity contribution in [3.05, 3.63) is 128 Å². The Morgan fingerprint density at radius 1 is 0.450 bits per heavy atom. The average molecular weight is 821 g/mol. The van der Waals surface area contributed by atoms with Crippen LogP contribution < -0.4 is 0 Å². The highest BCUT2D eigenvalue weighted by Crippen LogP contribution is 2.21. The maximum absolute atomic E-state index is 12.4. The van der Waals surface area contributed by atoms with Crippen LogP contribution in [0.25, 0.3) is 0 Å². The first kappa shape index (κ1) is 54.3. The monoisotopic (exact) mass is 821 g/mol. The molecule has 0 aromatic rings. The molecule has 0 aliphatic heterocycles. The molecule has 0 amide bonds. The number of rotatable bonds is 31. The van der Waals surface area contributed by atoms with Crippen molar-refractivity contribution in [2.24, 2.45) is 5.92 Å². The molecule has 334 valence electrons. The van der Waals surface area contributed by atoms with Crippen molar-refractivity contribution in [2.75, 3.05) is 7.11 Å². The molecule has 0 bridgehead atoms. The summed E-state index contributed by atoms with van der Waals surface area (Å²) in [5.41, 5.74) is 13.8. The minimum Gasteiger partial charge on any atom is -0.493 e. The second-order valence-corrected chi connectivity index (χ2v) is 18.4. The van der Waals surface area contributed by atoms with Crippen molar-refractivity contribution in [3.8, 4) is 0 Å². The third kappa shape index (κ3) is 28.7. The summed E-state index contributed by atoms with van der Waals surface area (Å²) in [6.07, 6.45) is 46.5. The van der Waals surface area contributed by atoms with Crippen molar-refractivity contribution in [1.29, 1.82) is 0 Å². The van der Waals surface area contributed by atoms with Crippen LogP contribution in [0.3, 0.4) is 0 Å². The lowest BCUT2D eigenvalue weighted by Gasteiger charge is -2.11. The molecule has 0 radical (unpaired) electrons. The smallest absolute Gasteiger partial charge is 0.224 e. The molecule has 0 unspecified atom stereocenters. The molecule has 0 heterocycles. The van der Waals surface area contributed by atoms with Crippen LogP contribution in [-0.4, -0.2) is 18.7 Å². The van der Waals surface area contributed by atoms with E-state index in [2.05, 4.69) is 131 Å². The summed E-state index contributed by atoms with van der Waals surface area (Å²) >= 11 is 0. The van der Waals surface area contributed by atoms with Gasteiger partial charge in [0.2, 0.25) is 5.78 Å². The van der Waals surface area contributed by atoms with Crippen molar-refractivity contribution in [1.82, 2.24) is 0 Å². The molecule has 1 rings (SSSR count). The normalized spacial score (nSPS) is 16.0. The lowest BCUT2D eigenvalue weighted by Crippen LogP contribution is -2.15. The fraction of sp³-hybridized carbons (Fsp3) is 0.579. The summed E-state index contributed by atoms with van der Waals surface area (Å²) in [5.74, 6) is 0.560. The molecule has 1 aliphatic carbocycles. The molecule has 0 aromatic heterocycles. The molecule has 3 nitrogen and oxygen atoms in total. The van der Waals surface area contributed by atoms with Crippen LogP contribution in [0.5, 0.6) is 0 Å². The van der Waals surface area contributed by atoms with Gasteiger partial charge in [-0.25, -0.2) is 0 Å². The Morgan fingerprint density at radius 3 is 1.02 bits per heavy atom. The van der Waals surface area contributed by atoms with E-state index in [4.69, 9.17) is 4.74 Å². The highest BCUT2D eigenvalue weighted by Gasteiger charge is 2.21. The molecule has 1 aliphatic rings. The van der Waals surface area contributed by atoms with Gasteiger partial charge in [-0.15, -0.1) is 0 Å². The molecule has 0 fully saturated rings. The first-order chi connectivity index (χ1) is 28.6. The molecular formula is C57H88O3. The number of ether oxygens (including phenoxy) is 1. The van der Waals surface area contributed by atoms with Gasteiger partial charge in [-0.2, -0.15) is 0 Å². The molecular weight excluding hydrogens is 733 g/mol. The van der Waals surface area contributed by atoms with Gasteiger partial charge in [0.25, 0.3) is 0 Å². The van der Waals surface area contributed by atoms with Crippen LogP contribution in [0.2, 0.25) is 0 Å². The first-order valence-corrected chi connectivity index (χ1v) is 23.5. The zero-order valence-electron chi connectivity index (χ0n) is 40.8. The van der Waals surface area contributed by atoms with Gasteiger partial charge in [-0.05, 0) is 196 Å².